The summed E-state index contributed by atoms with van der Waals surface area (Å²) in [5, 5.41) is 8.73. The van der Waals surface area contributed by atoms with E-state index in [0.717, 1.165) is 18.5 Å². The van der Waals surface area contributed by atoms with Crippen LogP contribution < -0.4 is 9.62 Å². The molecule has 6 nitrogen and oxygen atoms in total. The predicted molar refractivity (Wildman–Crippen MR) is 79.9 cm³/mol. The van der Waals surface area contributed by atoms with E-state index < -0.39 is 16.0 Å². The maximum Gasteiger partial charge on any atom is 0.305 e. The molecular weight excluding hydrogens is 292 g/mol. The van der Waals surface area contributed by atoms with Gasteiger partial charge >= 0.3 is 5.97 Å². The largest absolute Gasteiger partial charge is 0.481 e. The number of aliphatic carboxylic acids is 1. The third kappa shape index (κ3) is 4.44. The van der Waals surface area contributed by atoms with Crippen molar-refractivity contribution in [1.82, 2.24) is 4.72 Å². The van der Waals surface area contributed by atoms with Gasteiger partial charge < -0.3 is 10.0 Å². The Labute approximate surface area is 124 Å². The van der Waals surface area contributed by atoms with Crippen LogP contribution in [-0.2, 0) is 14.8 Å². The number of hydrogen-bond acceptors (Lipinski definition) is 4. The maximum absolute atomic E-state index is 12.0. The molecule has 2 rings (SSSR count). The molecule has 0 heterocycles. The molecule has 116 valence electrons. The minimum absolute atomic E-state index is 0.0527. The number of hydrogen-bond donors (Lipinski definition) is 2. The summed E-state index contributed by atoms with van der Waals surface area (Å²) in [6.07, 6.45) is 1.85. The van der Waals surface area contributed by atoms with Crippen LogP contribution >= 0.6 is 0 Å². The van der Waals surface area contributed by atoms with Gasteiger partial charge in [-0.15, -0.1) is 0 Å². The highest BCUT2D eigenvalue weighted by molar-refractivity contribution is 7.89. The van der Waals surface area contributed by atoms with Crippen molar-refractivity contribution in [2.45, 2.75) is 37.1 Å². The van der Waals surface area contributed by atoms with E-state index in [0.29, 0.717) is 13.1 Å². The van der Waals surface area contributed by atoms with Crippen LogP contribution in [0.4, 0.5) is 5.69 Å². The van der Waals surface area contributed by atoms with Crippen LogP contribution in [0.2, 0.25) is 0 Å². The summed E-state index contributed by atoms with van der Waals surface area (Å²) >= 11 is 0. The van der Waals surface area contributed by atoms with E-state index in [1.54, 1.807) is 24.3 Å². The number of benzene rings is 1. The smallest absolute Gasteiger partial charge is 0.305 e. The summed E-state index contributed by atoms with van der Waals surface area (Å²) in [4.78, 5) is 12.8. The van der Waals surface area contributed by atoms with E-state index in [1.165, 1.54) is 0 Å². The molecular formula is C14H20N2O4S. The van der Waals surface area contributed by atoms with E-state index in [-0.39, 0.29) is 17.4 Å². The quantitative estimate of drug-likeness (QED) is 0.758. The van der Waals surface area contributed by atoms with Gasteiger partial charge in [0.15, 0.2) is 0 Å². The van der Waals surface area contributed by atoms with Gasteiger partial charge in [0.05, 0.1) is 11.3 Å². The number of carbonyl (C=O) groups is 1. The highest BCUT2D eigenvalue weighted by atomic mass is 32.2. The molecule has 0 aromatic heterocycles. The average Bonchev–Trinajstić information content (AvgIpc) is 3.23. The lowest BCUT2D eigenvalue weighted by molar-refractivity contribution is -0.136. The van der Waals surface area contributed by atoms with E-state index in [9.17, 15) is 13.2 Å². The Kier molecular flexibility index (Phi) is 4.84. The van der Waals surface area contributed by atoms with Gasteiger partial charge in [-0.2, -0.15) is 0 Å². The van der Waals surface area contributed by atoms with E-state index in [1.807, 2.05) is 11.8 Å². The SMILES string of the molecule is CCN(CCC(=O)O)c1ccc(S(=O)(=O)NC2CC2)cc1. The second kappa shape index (κ2) is 6.44. The number of carboxylic acid groups (broad SMARTS) is 1. The molecule has 0 radical (unpaired) electrons. The molecule has 0 spiro atoms. The first-order valence-corrected chi connectivity index (χ1v) is 8.50. The van der Waals surface area contributed by atoms with Crippen LogP contribution in [0.1, 0.15) is 26.2 Å². The molecule has 7 heteroatoms. The number of nitrogens with one attached hydrogen (secondary N) is 1. The molecule has 0 amide bonds. The maximum atomic E-state index is 12.0. The fourth-order valence-electron chi connectivity index (χ4n) is 2.03. The topological polar surface area (TPSA) is 86.7 Å². The molecule has 1 fully saturated rings. The van der Waals surface area contributed by atoms with Crippen LogP contribution in [-0.4, -0.2) is 38.6 Å². The first-order valence-electron chi connectivity index (χ1n) is 7.01. The third-order valence-electron chi connectivity index (χ3n) is 3.39. The second-order valence-corrected chi connectivity index (χ2v) is 6.83. The Morgan fingerprint density at radius 3 is 2.43 bits per heavy atom. The van der Waals surface area contributed by atoms with Gasteiger partial charge in [-0.1, -0.05) is 0 Å². The van der Waals surface area contributed by atoms with Crippen LogP contribution in [0.25, 0.3) is 0 Å². The molecule has 1 aliphatic carbocycles. The minimum atomic E-state index is -3.43. The zero-order chi connectivity index (χ0) is 15.5. The van der Waals surface area contributed by atoms with Crippen molar-refractivity contribution in [2.24, 2.45) is 0 Å². The zero-order valence-corrected chi connectivity index (χ0v) is 12.8. The lowest BCUT2D eigenvalue weighted by Gasteiger charge is -2.22. The number of anilines is 1. The monoisotopic (exact) mass is 312 g/mol. The number of sulfonamides is 1. The number of nitrogens with zero attached hydrogens (tertiary/aromatic N) is 1. The van der Waals surface area contributed by atoms with Gasteiger partial charge in [0, 0.05) is 24.8 Å². The molecule has 1 saturated carbocycles. The van der Waals surface area contributed by atoms with Gasteiger partial charge in [0.2, 0.25) is 10.0 Å². The highest BCUT2D eigenvalue weighted by Gasteiger charge is 2.27. The molecule has 0 saturated heterocycles. The van der Waals surface area contributed by atoms with Crippen molar-refractivity contribution in [3.05, 3.63) is 24.3 Å². The highest BCUT2D eigenvalue weighted by Crippen LogP contribution is 2.23. The Hall–Kier alpha value is -1.60. The normalized spacial score (nSPS) is 14.9. The molecule has 0 atom stereocenters. The van der Waals surface area contributed by atoms with Crippen molar-refractivity contribution in [3.63, 3.8) is 0 Å². The molecule has 1 aliphatic rings. The molecule has 1 aromatic carbocycles. The molecule has 21 heavy (non-hydrogen) atoms. The van der Waals surface area contributed by atoms with Crippen molar-refractivity contribution in [2.75, 3.05) is 18.0 Å². The first kappa shape index (κ1) is 15.8. The summed E-state index contributed by atoms with van der Waals surface area (Å²) in [5.41, 5.74) is 0.823. The number of rotatable bonds is 8. The summed E-state index contributed by atoms with van der Waals surface area (Å²) in [5.74, 6) is -0.846. The fraction of sp³-hybridized carbons (Fsp3) is 0.500. The van der Waals surface area contributed by atoms with Crippen molar-refractivity contribution in [3.8, 4) is 0 Å². The lowest BCUT2D eigenvalue weighted by atomic mass is 10.2. The van der Waals surface area contributed by atoms with Gasteiger partial charge in [0.25, 0.3) is 0 Å². The van der Waals surface area contributed by atoms with Crippen LogP contribution in [0.5, 0.6) is 0 Å². The molecule has 2 N–H and O–H groups in total. The van der Waals surface area contributed by atoms with Crippen LogP contribution in [0, 0.1) is 0 Å². The van der Waals surface area contributed by atoms with E-state index in [2.05, 4.69) is 4.72 Å². The van der Waals surface area contributed by atoms with Gasteiger partial charge in [-0.25, -0.2) is 13.1 Å². The standard InChI is InChI=1S/C14H20N2O4S/c1-2-16(10-9-14(17)18)12-5-7-13(8-6-12)21(19,20)15-11-3-4-11/h5-8,11,15H,2-4,9-10H2,1H3,(H,17,18). The second-order valence-electron chi connectivity index (χ2n) is 5.11. The Bertz CT molecular complexity index is 594. The molecule has 0 unspecified atom stereocenters. The number of carboxylic acids is 1. The van der Waals surface area contributed by atoms with Gasteiger partial charge in [-0.3, -0.25) is 4.79 Å². The van der Waals surface area contributed by atoms with Crippen molar-refractivity contribution < 1.29 is 18.3 Å². The first-order chi connectivity index (χ1) is 9.92. The summed E-state index contributed by atoms with van der Waals surface area (Å²) < 4.78 is 26.7. The summed E-state index contributed by atoms with van der Waals surface area (Å²) in [6, 6.07) is 6.63. The Morgan fingerprint density at radius 1 is 1.33 bits per heavy atom. The van der Waals surface area contributed by atoms with Gasteiger partial charge in [-0.05, 0) is 44.0 Å². The van der Waals surface area contributed by atoms with Crippen molar-refractivity contribution >= 4 is 21.7 Å². The van der Waals surface area contributed by atoms with Crippen molar-refractivity contribution in [1.29, 1.82) is 0 Å². The average molecular weight is 312 g/mol. The predicted octanol–water partition coefficient (Wildman–Crippen LogP) is 1.43. The fourth-order valence-corrected chi connectivity index (χ4v) is 3.33. The zero-order valence-electron chi connectivity index (χ0n) is 11.9. The van der Waals surface area contributed by atoms with Gasteiger partial charge in [0.1, 0.15) is 0 Å². The third-order valence-corrected chi connectivity index (χ3v) is 4.93. The lowest BCUT2D eigenvalue weighted by Crippen LogP contribution is -2.27. The summed E-state index contributed by atoms with van der Waals surface area (Å²) in [6.45, 7) is 3.00. The summed E-state index contributed by atoms with van der Waals surface area (Å²) in [7, 11) is -3.43. The molecule has 0 bridgehead atoms. The van der Waals surface area contributed by atoms with Crippen LogP contribution in [0.15, 0.2) is 29.2 Å². The Balaban J connectivity index is 2.07. The Morgan fingerprint density at radius 2 is 1.95 bits per heavy atom. The van der Waals surface area contributed by atoms with E-state index in [4.69, 9.17) is 5.11 Å². The van der Waals surface area contributed by atoms with Crippen LogP contribution in [0.3, 0.4) is 0 Å². The molecule has 1 aromatic rings. The molecule has 0 aliphatic heterocycles. The minimum Gasteiger partial charge on any atom is -0.481 e. The van der Waals surface area contributed by atoms with E-state index >= 15 is 0 Å².